The lowest BCUT2D eigenvalue weighted by Gasteiger charge is -2.14. The van der Waals surface area contributed by atoms with Gasteiger partial charge in [0, 0.05) is 21.8 Å². The number of ether oxygens (including phenoxy) is 2. The molecule has 0 bridgehead atoms. The molecule has 0 fully saturated rings. The molecule has 6 heteroatoms. The number of benzene rings is 3. The maximum atomic E-state index is 13.4. The van der Waals surface area contributed by atoms with Gasteiger partial charge in [-0.3, -0.25) is 9.36 Å². The first-order valence-electron chi connectivity index (χ1n) is 8.62. The molecule has 0 spiro atoms. The molecule has 0 aliphatic rings. The minimum atomic E-state index is -0.201. The van der Waals surface area contributed by atoms with Gasteiger partial charge in [0.15, 0.2) is 0 Å². The summed E-state index contributed by atoms with van der Waals surface area (Å²) in [7, 11) is 3.21. The molecule has 0 N–H and O–H groups in total. The monoisotopic (exact) mass is 436 g/mol. The van der Waals surface area contributed by atoms with Crippen molar-refractivity contribution in [1.82, 2.24) is 9.55 Å². The summed E-state index contributed by atoms with van der Waals surface area (Å²) in [5.74, 6) is 1.38. The number of methoxy groups -OCH3 is 2. The van der Waals surface area contributed by atoms with Crippen molar-refractivity contribution in [3.05, 3.63) is 81.6 Å². The van der Waals surface area contributed by atoms with Crippen LogP contribution >= 0.6 is 15.9 Å². The van der Waals surface area contributed by atoms with Crippen molar-refractivity contribution >= 4 is 27.0 Å². The number of aromatic nitrogens is 2. The average molecular weight is 437 g/mol. The molecule has 5 nitrogen and oxygen atoms in total. The van der Waals surface area contributed by atoms with E-state index >= 15 is 0 Å². The first-order valence-corrected chi connectivity index (χ1v) is 9.41. The SMILES string of the molecule is COc1ccc(-n2c(=O)c(-c3ccc(Br)cc3)nc3ccc(OC)cc32)cc1. The zero-order valence-corrected chi connectivity index (χ0v) is 16.9. The molecule has 3 aromatic carbocycles. The molecular formula is C22H17BrN2O3. The van der Waals surface area contributed by atoms with Gasteiger partial charge < -0.3 is 9.47 Å². The van der Waals surface area contributed by atoms with E-state index in [1.54, 1.807) is 18.8 Å². The van der Waals surface area contributed by atoms with Crippen molar-refractivity contribution in [2.45, 2.75) is 0 Å². The van der Waals surface area contributed by atoms with Crippen LogP contribution in [0.25, 0.3) is 28.0 Å². The Labute approximate surface area is 170 Å². The molecule has 0 radical (unpaired) electrons. The highest BCUT2D eigenvalue weighted by molar-refractivity contribution is 9.10. The summed E-state index contributed by atoms with van der Waals surface area (Å²) < 4.78 is 13.2. The van der Waals surface area contributed by atoms with Crippen molar-refractivity contribution in [2.75, 3.05) is 14.2 Å². The summed E-state index contributed by atoms with van der Waals surface area (Å²) in [6.07, 6.45) is 0. The zero-order chi connectivity index (χ0) is 19.7. The van der Waals surface area contributed by atoms with Crippen molar-refractivity contribution < 1.29 is 9.47 Å². The Kier molecular flexibility index (Phi) is 4.88. The van der Waals surface area contributed by atoms with Gasteiger partial charge in [-0.05, 0) is 48.5 Å². The number of rotatable bonds is 4. The van der Waals surface area contributed by atoms with Crippen LogP contribution in [0.4, 0.5) is 0 Å². The van der Waals surface area contributed by atoms with E-state index in [0.717, 1.165) is 21.5 Å². The molecule has 0 aliphatic heterocycles. The van der Waals surface area contributed by atoms with Gasteiger partial charge in [0.2, 0.25) is 0 Å². The van der Waals surface area contributed by atoms with E-state index in [0.29, 0.717) is 22.5 Å². The number of halogens is 1. The van der Waals surface area contributed by atoms with Crippen LogP contribution in [-0.2, 0) is 0 Å². The van der Waals surface area contributed by atoms with E-state index in [2.05, 4.69) is 20.9 Å². The molecule has 0 saturated carbocycles. The second-order valence-corrected chi connectivity index (χ2v) is 7.08. The minimum absolute atomic E-state index is 0.201. The van der Waals surface area contributed by atoms with Gasteiger partial charge in [0.1, 0.15) is 17.2 Å². The Bertz CT molecular complexity index is 1200. The van der Waals surface area contributed by atoms with Crippen molar-refractivity contribution in [1.29, 1.82) is 0 Å². The molecule has 28 heavy (non-hydrogen) atoms. The average Bonchev–Trinajstić information content (AvgIpc) is 2.74. The maximum absolute atomic E-state index is 13.4. The Hall–Kier alpha value is -3.12. The van der Waals surface area contributed by atoms with E-state index in [1.165, 1.54) is 0 Å². The van der Waals surface area contributed by atoms with Gasteiger partial charge >= 0.3 is 0 Å². The largest absolute Gasteiger partial charge is 0.497 e. The number of hydrogen-bond donors (Lipinski definition) is 0. The molecule has 0 aliphatic carbocycles. The van der Waals surface area contributed by atoms with Crippen LogP contribution in [0.5, 0.6) is 11.5 Å². The first kappa shape index (κ1) is 18.3. The molecule has 4 aromatic rings. The Balaban J connectivity index is 2.04. The lowest BCUT2D eigenvalue weighted by atomic mass is 10.1. The first-order chi connectivity index (χ1) is 13.6. The van der Waals surface area contributed by atoms with E-state index in [-0.39, 0.29) is 5.56 Å². The van der Waals surface area contributed by atoms with Crippen LogP contribution in [-0.4, -0.2) is 23.8 Å². The van der Waals surface area contributed by atoms with E-state index < -0.39 is 0 Å². The smallest absolute Gasteiger partial charge is 0.282 e. The lowest BCUT2D eigenvalue weighted by molar-refractivity contribution is 0.414. The Morgan fingerprint density at radius 3 is 2.14 bits per heavy atom. The highest BCUT2D eigenvalue weighted by Crippen LogP contribution is 2.25. The summed E-state index contributed by atoms with van der Waals surface area (Å²) in [4.78, 5) is 18.1. The molecule has 0 unspecified atom stereocenters. The molecule has 1 heterocycles. The third-order valence-electron chi connectivity index (χ3n) is 4.51. The topological polar surface area (TPSA) is 53.4 Å². The third kappa shape index (κ3) is 3.27. The van der Waals surface area contributed by atoms with Gasteiger partial charge in [-0.25, -0.2) is 4.98 Å². The summed E-state index contributed by atoms with van der Waals surface area (Å²) in [6, 6.07) is 20.4. The molecular weight excluding hydrogens is 420 g/mol. The lowest BCUT2D eigenvalue weighted by Crippen LogP contribution is -2.22. The fourth-order valence-corrected chi connectivity index (χ4v) is 3.34. The summed E-state index contributed by atoms with van der Waals surface area (Å²) in [5, 5.41) is 0. The normalized spacial score (nSPS) is 10.8. The zero-order valence-electron chi connectivity index (χ0n) is 15.3. The van der Waals surface area contributed by atoms with E-state index in [1.807, 2.05) is 66.7 Å². The van der Waals surface area contributed by atoms with Crippen LogP contribution in [0.2, 0.25) is 0 Å². The summed E-state index contributed by atoms with van der Waals surface area (Å²) >= 11 is 3.43. The van der Waals surface area contributed by atoms with Gasteiger partial charge in [-0.15, -0.1) is 0 Å². The highest BCUT2D eigenvalue weighted by Gasteiger charge is 2.15. The molecule has 4 rings (SSSR count). The van der Waals surface area contributed by atoms with Gasteiger partial charge in [0.05, 0.1) is 25.3 Å². The van der Waals surface area contributed by atoms with Crippen LogP contribution in [0.1, 0.15) is 0 Å². The summed E-state index contributed by atoms with van der Waals surface area (Å²) in [5.41, 5.74) is 3.05. The summed E-state index contributed by atoms with van der Waals surface area (Å²) in [6.45, 7) is 0. The number of fused-ring (bicyclic) bond motifs is 1. The molecule has 1 aromatic heterocycles. The van der Waals surface area contributed by atoms with Crippen LogP contribution < -0.4 is 15.0 Å². The fourth-order valence-electron chi connectivity index (χ4n) is 3.07. The Morgan fingerprint density at radius 1 is 0.857 bits per heavy atom. The minimum Gasteiger partial charge on any atom is -0.497 e. The quantitative estimate of drug-likeness (QED) is 0.459. The van der Waals surface area contributed by atoms with E-state index in [4.69, 9.17) is 9.47 Å². The van der Waals surface area contributed by atoms with Crippen LogP contribution in [0.3, 0.4) is 0 Å². The van der Waals surface area contributed by atoms with Gasteiger partial charge in [-0.1, -0.05) is 28.1 Å². The van der Waals surface area contributed by atoms with Gasteiger partial charge in [0.25, 0.3) is 5.56 Å². The second-order valence-electron chi connectivity index (χ2n) is 6.16. The van der Waals surface area contributed by atoms with Crippen LogP contribution in [0, 0.1) is 0 Å². The molecule has 0 amide bonds. The van der Waals surface area contributed by atoms with Crippen molar-refractivity contribution in [2.24, 2.45) is 0 Å². The van der Waals surface area contributed by atoms with Crippen molar-refractivity contribution in [3.8, 4) is 28.4 Å². The van der Waals surface area contributed by atoms with Gasteiger partial charge in [-0.2, -0.15) is 0 Å². The maximum Gasteiger partial charge on any atom is 0.282 e. The van der Waals surface area contributed by atoms with Crippen molar-refractivity contribution in [3.63, 3.8) is 0 Å². The fraction of sp³-hybridized carbons (Fsp3) is 0.0909. The second kappa shape index (κ2) is 7.48. The van der Waals surface area contributed by atoms with E-state index in [9.17, 15) is 4.79 Å². The van der Waals surface area contributed by atoms with Crippen LogP contribution in [0.15, 0.2) is 76.0 Å². The standard InChI is InChI=1S/C22H17BrN2O3/c1-27-17-9-7-16(8-10-17)25-20-13-18(28-2)11-12-19(20)24-21(22(25)26)14-3-5-15(23)6-4-14/h3-13H,1-2H3. The molecule has 140 valence electrons. The number of hydrogen-bond acceptors (Lipinski definition) is 4. The predicted molar refractivity (Wildman–Crippen MR) is 114 cm³/mol. The molecule has 0 atom stereocenters. The highest BCUT2D eigenvalue weighted by atomic mass is 79.9. The predicted octanol–water partition coefficient (Wildman–Crippen LogP) is 4.83. The third-order valence-corrected chi connectivity index (χ3v) is 5.04. The Morgan fingerprint density at radius 2 is 1.50 bits per heavy atom. The molecule has 0 saturated heterocycles. The number of nitrogens with zero attached hydrogens (tertiary/aromatic N) is 2.